The quantitative estimate of drug-likeness (QED) is 0.805. The maximum Gasteiger partial charge on any atom is 0.231 e. The standard InChI is InChI=1S/C16H15NO5/c1-18-9-4-5-10(19-2)14-12(9)8-6-11-15(22-7-21-11)16(20-3)13(8)17-14/h4-6,17H,7H2,1-3H3. The van der Waals surface area contributed by atoms with Gasteiger partial charge in [0.2, 0.25) is 12.5 Å². The van der Waals surface area contributed by atoms with E-state index in [9.17, 15) is 0 Å². The lowest BCUT2D eigenvalue weighted by molar-refractivity contribution is 0.171. The molecular formula is C16H15NO5. The van der Waals surface area contributed by atoms with E-state index in [1.807, 2.05) is 18.2 Å². The molecule has 0 saturated carbocycles. The van der Waals surface area contributed by atoms with Crippen LogP contribution in [-0.2, 0) is 0 Å². The number of nitrogens with one attached hydrogen (secondary N) is 1. The van der Waals surface area contributed by atoms with Crippen molar-refractivity contribution in [2.75, 3.05) is 28.1 Å². The fourth-order valence-corrected chi connectivity index (χ4v) is 2.95. The molecule has 1 aromatic heterocycles. The Morgan fingerprint density at radius 2 is 1.73 bits per heavy atom. The topological polar surface area (TPSA) is 61.9 Å². The van der Waals surface area contributed by atoms with Gasteiger partial charge >= 0.3 is 0 Å². The number of rotatable bonds is 3. The second kappa shape index (κ2) is 4.62. The highest BCUT2D eigenvalue weighted by molar-refractivity contribution is 6.15. The van der Waals surface area contributed by atoms with Crippen LogP contribution in [0.4, 0.5) is 0 Å². The third-order valence-electron chi connectivity index (χ3n) is 3.91. The molecule has 2 aromatic carbocycles. The molecule has 0 aliphatic carbocycles. The summed E-state index contributed by atoms with van der Waals surface area (Å²) >= 11 is 0. The zero-order chi connectivity index (χ0) is 15.3. The average molecular weight is 301 g/mol. The molecular weight excluding hydrogens is 286 g/mol. The Morgan fingerprint density at radius 1 is 0.955 bits per heavy atom. The van der Waals surface area contributed by atoms with E-state index >= 15 is 0 Å². The molecule has 3 aromatic rings. The highest BCUT2D eigenvalue weighted by Crippen LogP contribution is 2.49. The molecule has 0 spiro atoms. The van der Waals surface area contributed by atoms with Crippen molar-refractivity contribution in [3.8, 4) is 28.7 Å². The number of ether oxygens (including phenoxy) is 5. The molecule has 0 unspecified atom stereocenters. The van der Waals surface area contributed by atoms with Crippen molar-refractivity contribution in [3.63, 3.8) is 0 Å². The summed E-state index contributed by atoms with van der Waals surface area (Å²) in [6.07, 6.45) is 0. The lowest BCUT2D eigenvalue weighted by Gasteiger charge is -2.07. The summed E-state index contributed by atoms with van der Waals surface area (Å²) in [6, 6.07) is 5.68. The summed E-state index contributed by atoms with van der Waals surface area (Å²) in [4.78, 5) is 3.36. The average Bonchev–Trinajstić information content (AvgIpc) is 3.16. The molecule has 1 aliphatic heterocycles. The molecule has 0 amide bonds. The second-order valence-corrected chi connectivity index (χ2v) is 4.91. The van der Waals surface area contributed by atoms with E-state index < -0.39 is 0 Å². The zero-order valence-corrected chi connectivity index (χ0v) is 12.5. The Morgan fingerprint density at radius 3 is 2.45 bits per heavy atom. The van der Waals surface area contributed by atoms with Gasteiger partial charge in [-0.1, -0.05) is 0 Å². The molecule has 6 heteroatoms. The third-order valence-corrected chi connectivity index (χ3v) is 3.91. The van der Waals surface area contributed by atoms with Crippen molar-refractivity contribution in [3.05, 3.63) is 18.2 Å². The van der Waals surface area contributed by atoms with Crippen molar-refractivity contribution in [1.29, 1.82) is 0 Å². The Bertz CT molecular complexity index is 883. The van der Waals surface area contributed by atoms with E-state index in [0.29, 0.717) is 17.2 Å². The van der Waals surface area contributed by atoms with E-state index in [0.717, 1.165) is 33.3 Å². The van der Waals surface area contributed by atoms with Crippen LogP contribution in [0.2, 0.25) is 0 Å². The van der Waals surface area contributed by atoms with Gasteiger partial charge in [0.05, 0.1) is 37.7 Å². The van der Waals surface area contributed by atoms with Crippen LogP contribution in [0.25, 0.3) is 21.8 Å². The van der Waals surface area contributed by atoms with Crippen LogP contribution in [0.1, 0.15) is 0 Å². The van der Waals surface area contributed by atoms with Crippen molar-refractivity contribution in [2.24, 2.45) is 0 Å². The fraction of sp³-hybridized carbons (Fsp3) is 0.250. The molecule has 1 aliphatic rings. The van der Waals surface area contributed by atoms with Gasteiger partial charge in [-0.2, -0.15) is 0 Å². The molecule has 2 heterocycles. The van der Waals surface area contributed by atoms with E-state index in [-0.39, 0.29) is 6.79 Å². The Hall–Kier alpha value is -2.76. The number of benzene rings is 2. The first-order chi connectivity index (χ1) is 10.8. The van der Waals surface area contributed by atoms with Crippen LogP contribution in [0.15, 0.2) is 18.2 Å². The highest BCUT2D eigenvalue weighted by atomic mass is 16.7. The summed E-state index contributed by atoms with van der Waals surface area (Å²) in [5.41, 5.74) is 1.67. The van der Waals surface area contributed by atoms with Gasteiger partial charge in [-0.15, -0.1) is 0 Å². The molecule has 4 rings (SSSR count). The maximum absolute atomic E-state index is 5.53. The summed E-state index contributed by atoms with van der Waals surface area (Å²) < 4.78 is 27.5. The number of aromatic nitrogens is 1. The maximum atomic E-state index is 5.53. The fourth-order valence-electron chi connectivity index (χ4n) is 2.95. The first-order valence-corrected chi connectivity index (χ1v) is 6.81. The van der Waals surface area contributed by atoms with Crippen LogP contribution < -0.4 is 23.7 Å². The SMILES string of the molecule is COc1c2c(cc3c1[nH]c1c(OC)ccc(OC)c13)OCO2. The number of methoxy groups -OCH3 is 3. The van der Waals surface area contributed by atoms with Gasteiger partial charge in [-0.05, 0) is 18.2 Å². The molecule has 22 heavy (non-hydrogen) atoms. The van der Waals surface area contributed by atoms with Crippen LogP contribution in [0.3, 0.4) is 0 Å². The van der Waals surface area contributed by atoms with E-state index in [4.69, 9.17) is 23.7 Å². The molecule has 114 valence electrons. The van der Waals surface area contributed by atoms with Gasteiger partial charge in [-0.3, -0.25) is 0 Å². The summed E-state index contributed by atoms with van der Waals surface area (Å²) in [7, 11) is 4.89. The Kier molecular flexibility index (Phi) is 2.72. The van der Waals surface area contributed by atoms with E-state index in [2.05, 4.69) is 4.98 Å². The molecule has 6 nitrogen and oxygen atoms in total. The first kappa shape index (κ1) is 12.9. The third kappa shape index (κ3) is 1.55. The van der Waals surface area contributed by atoms with E-state index in [1.54, 1.807) is 21.3 Å². The number of H-pyrrole nitrogens is 1. The summed E-state index contributed by atoms with van der Waals surface area (Å²) in [5.74, 6) is 3.37. The van der Waals surface area contributed by atoms with Crippen LogP contribution in [0, 0.1) is 0 Å². The highest BCUT2D eigenvalue weighted by Gasteiger charge is 2.26. The van der Waals surface area contributed by atoms with Crippen LogP contribution in [0.5, 0.6) is 28.7 Å². The Balaban J connectivity index is 2.20. The van der Waals surface area contributed by atoms with Gasteiger partial charge in [-0.25, -0.2) is 0 Å². The van der Waals surface area contributed by atoms with Gasteiger partial charge in [0, 0.05) is 5.39 Å². The van der Waals surface area contributed by atoms with Crippen molar-refractivity contribution in [2.45, 2.75) is 0 Å². The monoisotopic (exact) mass is 301 g/mol. The molecule has 0 saturated heterocycles. The molecule has 0 atom stereocenters. The van der Waals surface area contributed by atoms with Crippen LogP contribution >= 0.6 is 0 Å². The number of hydrogen-bond donors (Lipinski definition) is 1. The zero-order valence-electron chi connectivity index (χ0n) is 12.5. The van der Waals surface area contributed by atoms with E-state index in [1.165, 1.54) is 0 Å². The number of hydrogen-bond acceptors (Lipinski definition) is 5. The largest absolute Gasteiger partial charge is 0.496 e. The minimum absolute atomic E-state index is 0.191. The van der Waals surface area contributed by atoms with Crippen LogP contribution in [-0.4, -0.2) is 33.1 Å². The molecule has 0 radical (unpaired) electrons. The van der Waals surface area contributed by atoms with Gasteiger partial charge in [0.25, 0.3) is 0 Å². The first-order valence-electron chi connectivity index (χ1n) is 6.81. The minimum atomic E-state index is 0.191. The van der Waals surface area contributed by atoms with Gasteiger partial charge < -0.3 is 28.7 Å². The second-order valence-electron chi connectivity index (χ2n) is 4.91. The lowest BCUT2D eigenvalue weighted by Crippen LogP contribution is -1.94. The van der Waals surface area contributed by atoms with Gasteiger partial charge in [0.1, 0.15) is 11.5 Å². The molecule has 1 N–H and O–H groups in total. The van der Waals surface area contributed by atoms with Crippen molar-refractivity contribution < 1.29 is 23.7 Å². The summed E-state index contributed by atoms with van der Waals surface area (Å²) in [5, 5.41) is 1.86. The number of fused-ring (bicyclic) bond motifs is 4. The Labute approximate surface area is 126 Å². The summed E-state index contributed by atoms with van der Waals surface area (Å²) in [6.45, 7) is 0.191. The lowest BCUT2D eigenvalue weighted by atomic mass is 10.1. The van der Waals surface area contributed by atoms with Gasteiger partial charge in [0.15, 0.2) is 11.5 Å². The predicted octanol–water partition coefficient (Wildman–Crippen LogP) is 3.08. The smallest absolute Gasteiger partial charge is 0.231 e. The molecule has 0 fully saturated rings. The van der Waals surface area contributed by atoms with Crippen molar-refractivity contribution in [1.82, 2.24) is 4.98 Å². The number of aromatic amines is 1. The minimum Gasteiger partial charge on any atom is -0.496 e. The molecule has 0 bridgehead atoms. The van der Waals surface area contributed by atoms with Crippen molar-refractivity contribution >= 4 is 21.8 Å². The normalized spacial score (nSPS) is 12.9. The predicted molar refractivity (Wildman–Crippen MR) is 81.6 cm³/mol.